The second-order valence-corrected chi connectivity index (χ2v) is 6.51. The summed E-state index contributed by atoms with van der Waals surface area (Å²) in [4.78, 5) is 28.8. The number of benzene rings is 2. The fourth-order valence-corrected chi connectivity index (χ4v) is 3.79. The molecule has 0 aliphatic carbocycles. The summed E-state index contributed by atoms with van der Waals surface area (Å²) in [6.07, 6.45) is 1.73. The summed E-state index contributed by atoms with van der Waals surface area (Å²) in [7, 11) is 0. The van der Waals surface area contributed by atoms with Crippen molar-refractivity contribution in [3.63, 3.8) is 0 Å². The van der Waals surface area contributed by atoms with Crippen LogP contribution in [0.2, 0.25) is 0 Å². The Morgan fingerprint density at radius 1 is 1.04 bits per heavy atom. The predicted molar refractivity (Wildman–Crippen MR) is 88.7 cm³/mol. The molecule has 2 aromatic carbocycles. The number of hydrogen-bond donors (Lipinski definition) is 0. The van der Waals surface area contributed by atoms with Gasteiger partial charge in [-0.05, 0) is 42.2 Å². The highest BCUT2D eigenvalue weighted by atomic mass is 16.2. The van der Waals surface area contributed by atoms with Crippen molar-refractivity contribution in [2.45, 2.75) is 38.4 Å². The van der Waals surface area contributed by atoms with Gasteiger partial charge in [0.25, 0.3) is 0 Å². The van der Waals surface area contributed by atoms with E-state index >= 15 is 0 Å². The van der Waals surface area contributed by atoms with Crippen LogP contribution in [-0.4, -0.2) is 40.2 Å². The molecule has 2 atom stereocenters. The Bertz CT molecular complexity index is 786. The maximum absolute atomic E-state index is 12.8. The van der Waals surface area contributed by atoms with Gasteiger partial charge in [-0.3, -0.25) is 9.59 Å². The topological polar surface area (TPSA) is 40.6 Å². The molecule has 23 heavy (non-hydrogen) atoms. The summed E-state index contributed by atoms with van der Waals surface area (Å²) in [5.41, 5.74) is 1.07. The lowest BCUT2D eigenvalue weighted by Gasteiger charge is -2.41. The van der Waals surface area contributed by atoms with Gasteiger partial charge in [0.2, 0.25) is 11.8 Å². The number of carbonyl (C=O) groups excluding carboxylic acids is 2. The number of hydrogen-bond acceptors (Lipinski definition) is 2. The SMILES string of the molecule is C[C@H]1C(=O)N2CCC[C@H]2C(=O)N1Cc1ccc2ccccc2c1. The first-order valence-corrected chi connectivity index (χ1v) is 8.24. The number of fused-ring (bicyclic) bond motifs is 2. The van der Waals surface area contributed by atoms with E-state index in [-0.39, 0.29) is 23.9 Å². The average molecular weight is 308 g/mol. The Labute approximate surface area is 135 Å². The molecule has 0 radical (unpaired) electrons. The number of piperazine rings is 1. The molecule has 2 aliphatic heterocycles. The van der Waals surface area contributed by atoms with Crippen molar-refractivity contribution in [3.05, 3.63) is 48.0 Å². The molecule has 2 amide bonds. The van der Waals surface area contributed by atoms with Crippen molar-refractivity contribution in [1.29, 1.82) is 0 Å². The van der Waals surface area contributed by atoms with Crippen LogP contribution in [0, 0.1) is 0 Å². The van der Waals surface area contributed by atoms with Crippen molar-refractivity contribution in [2.24, 2.45) is 0 Å². The molecular formula is C19H20N2O2. The van der Waals surface area contributed by atoms with Crippen molar-refractivity contribution < 1.29 is 9.59 Å². The highest BCUT2D eigenvalue weighted by Crippen LogP contribution is 2.28. The monoisotopic (exact) mass is 308 g/mol. The van der Waals surface area contributed by atoms with Gasteiger partial charge in [0.1, 0.15) is 12.1 Å². The van der Waals surface area contributed by atoms with Crippen molar-refractivity contribution in [1.82, 2.24) is 9.80 Å². The molecule has 118 valence electrons. The van der Waals surface area contributed by atoms with Gasteiger partial charge in [-0.1, -0.05) is 36.4 Å². The maximum Gasteiger partial charge on any atom is 0.246 e. The van der Waals surface area contributed by atoms with Gasteiger partial charge < -0.3 is 9.80 Å². The summed E-state index contributed by atoms with van der Waals surface area (Å²) in [6, 6.07) is 13.8. The van der Waals surface area contributed by atoms with Crippen molar-refractivity contribution in [2.75, 3.05) is 6.54 Å². The second kappa shape index (κ2) is 5.37. The lowest BCUT2D eigenvalue weighted by atomic mass is 10.0. The van der Waals surface area contributed by atoms with Crippen LogP contribution in [0.15, 0.2) is 42.5 Å². The molecule has 4 rings (SSSR count). The van der Waals surface area contributed by atoms with E-state index < -0.39 is 0 Å². The van der Waals surface area contributed by atoms with E-state index in [0.717, 1.165) is 30.3 Å². The Morgan fingerprint density at radius 2 is 1.83 bits per heavy atom. The molecule has 0 unspecified atom stereocenters. The minimum absolute atomic E-state index is 0.0906. The Balaban J connectivity index is 1.63. The van der Waals surface area contributed by atoms with E-state index in [4.69, 9.17) is 0 Å². The van der Waals surface area contributed by atoms with E-state index in [1.807, 2.05) is 25.1 Å². The third kappa shape index (κ3) is 2.29. The van der Waals surface area contributed by atoms with E-state index in [2.05, 4.69) is 24.3 Å². The second-order valence-electron chi connectivity index (χ2n) is 6.51. The summed E-state index contributed by atoms with van der Waals surface area (Å²) in [5.74, 6) is 0.190. The van der Waals surface area contributed by atoms with E-state index in [9.17, 15) is 9.59 Å². The summed E-state index contributed by atoms with van der Waals surface area (Å²) in [5, 5.41) is 2.35. The lowest BCUT2D eigenvalue weighted by molar-refractivity contribution is -0.159. The zero-order valence-corrected chi connectivity index (χ0v) is 13.2. The molecule has 4 heteroatoms. The molecular weight excluding hydrogens is 288 g/mol. The highest BCUT2D eigenvalue weighted by Gasteiger charge is 2.45. The van der Waals surface area contributed by atoms with Crippen LogP contribution in [0.5, 0.6) is 0 Å². The van der Waals surface area contributed by atoms with Crippen molar-refractivity contribution in [3.8, 4) is 0 Å². The molecule has 0 N–H and O–H groups in total. The Morgan fingerprint density at radius 3 is 2.65 bits per heavy atom. The summed E-state index contributed by atoms with van der Waals surface area (Å²) in [6.45, 7) is 3.07. The molecule has 0 bridgehead atoms. The minimum Gasteiger partial charge on any atom is -0.329 e. The quantitative estimate of drug-likeness (QED) is 0.855. The van der Waals surface area contributed by atoms with Gasteiger partial charge in [0.05, 0.1) is 0 Å². The van der Waals surface area contributed by atoms with E-state index in [1.54, 1.807) is 9.80 Å². The first-order chi connectivity index (χ1) is 11.1. The highest BCUT2D eigenvalue weighted by molar-refractivity contribution is 5.97. The first kappa shape index (κ1) is 14.2. The Kier molecular flexibility index (Phi) is 3.33. The van der Waals surface area contributed by atoms with Crippen LogP contribution in [0.25, 0.3) is 10.8 Å². The van der Waals surface area contributed by atoms with Gasteiger partial charge in [-0.15, -0.1) is 0 Å². The third-order valence-electron chi connectivity index (χ3n) is 5.10. The van der Waals surface area contributed by atoms with Crippen LogP contribution >= 0.6 is 0 Å². The third-order valence-corrected chi connectivity index (χ3v) is 5.10. The van der Waals surface area contributed by atoms with Gasteiger partial charge in [-0.25, -0.2) is 0 Å². The smallest absolute Gasteiger partial charge is 0.246 e. The van der Waals surface area contributed by atoms with E-state index in [0.29, 0.717) is 6.54 Å². The number of rotatable bonds is 2. The molecule has 0 saturated carbocycles. The molecule has 0 aromatic heterocycles. The zero-order chi connectivity index (χ0) is 16.0. The van der Waals surface area contributed by atoms with Crippen LogP contribution in [-0.2, 0) is 16.1 Å². The zero-order valence-electron chi connectivity index (χ0n) is 13.2. The lowest BCUT2D eigenvalue weighted by Crippen LogP contribution is -2.61. The van der Waals surface area contributed by atoms with Crippen LogP contribution < -0.4 is 0 Å². The molecule has 4 nitrogen and oxygen atoms in total. The minimum atomic E-state index is -0.372. The van der Waals surface area contributed by atoms with Crippen LogP contribution in [0.4, 0.5) is 0 Å². The normalized spacial score (nSPS) is 24.4. The van der Waals surface area contributed by atoms with Gasteiger partial charge in [-0.2, -0.15) is 0 Å². The van der Waals surface area contributed by atoms with Crippen LogP contribution in [0.1, 0.15) is 25.3 Å². The van der Waals surface area contributed by atoms with Gasteiger partial charge in [0, 0.05) is 13.1 Å². The number of nitrogens with zero attached hydrogens (tertiary/aromatic N) is 2. The molecule has 2 saturated heterocycles. The van der Waals surface area contributed by atoms with Crippen molar-refractivity contribution >= 4 is 22.6 Å². The van der Waals surface area contributed by atoms with Crippen LogP contribution in [0.3, 0.4) is 0 Å². The fraction of sp³-hybridized carbons (Fsp3) is 0.368. The Hall–Kier alpha value is -2.36. The molecule has 2 aliphatic rings. The molecule has 2 heterocycles. The molecule has 2 aromatic rings. The predicted octanol–water partition coefficient (Wildman–Crippen LogP) is 2.56. The number of carbonyl (C=O) groups is 2. The maximum atomic E-state index is 12.8. The summed E-state index contributed by atoms with van der Waals surface area (Å²) < 4.78 is 0. The summed E-state index contributed by atoms with van der Waals surface area (Å²) >= 11 is 0. The average Bonchev–Trinajstić information content (AvgIpc) is 3.06. The van der Waals surface area contributed by atoms with Gasteiger partial charge in [0.15, 0.2) is 0 Å². The standard InChI is InChI=1S/C19H20N2O2/c1-13-18(22)20-10-4-7-17(20)19(23)21(13)12-14-8-9-15-5-2-3-6-16(15)11-14/h2-3,5-6,8-9,11,13,17H,4,7,10,12H2,1H3/t13-,17-/m0/s1. The van der Waals surface area contributed by atoms with E-state index in [1.165, 1.54) is 5.39 Å². The molecule has 2 fully saturated rings. The first-order valence-electron chi connectivity index (χ1n) is 8.24. The fourth-order valence-electron chi connectivity index (χ4n) is 3.79. The number of amides is 2. The largest absolute Gasteiger partial charge is 0.329 e. The van der Waals surface area contributed by atoms with Gasteiger partial charge >= 0.3 is 0 Å². The molecule has 0 spiro atoms.